The molecule has 0 saturated carbocycles. The first-order valence-electron chi connectivity index (χ1n) is 5.73. The molecule has 5 heteroatoms. The van der Waals surface area contributed by atoms with E-state index in [1.54, 1.807) is 11.8 Å². The molecule has 0 fully saturated rings. The lowest BCUT2D eigenvalue weighted by molar-refractivity contribution is 0.571. The second-order valence-electron chi connectivity index (χ2n) is 4.71. The lowest BCUT2D eigenvalue weighted by Crippen LogP contribution is -2.23. The summed E-state index contributed by atoms with van der Waals surface area (Å²) in [5.41, 5.74) is 1.04. The van der Waals surface area contributed by atoms with Gasteiger partial charge in [-0.3, -0.25) is 4.57 Å². The van der Waals surface area contributed by atoms with Crippen molar-refractivity contribution in [2.75, 3.05) is 6.26 Å². The van der Waals surface area contributed by atoms with Crippen molar-refractivity contribution in [3.8, 4) is 11.4 Å². The summed E-state index contributed by atoms with van der Waals surface area (Å²) in [7, 11) is 0. The fourth-order valence-electron chi connectivity index (χ4n) is 1.67. The number of hydrogen-bond donors (Lipinski definition) is 0. The molecule has 1 aromatic heterocycles. The van der Waals surface area contributed by atoms with Crippen LogP contribution in [0.15, 0.2) is 30.3 Å². The Morgan fingerprint density at radius 2 is 1.89 bits per heavy atom. The van der Waals surface area contributed by atoms with Crippen LogP contribution in [0.2, 0.25) is 5.28 Å². The predicted molar refractivity (Wildman–Crippen MR) is 78.1 cm³/mol. The number of nitrogens with zero attached hydrogens (tertiary/aromatic N) is 3. The molecule has 0 radical (unpaired) electrons. The van der Waals surface area contributed by atoms with Gasteiger partial charge in [0.25, 0.3) is 0 Å². The second kappa shape index (κ2) is 5.33. The van der Waals surface area contributed by atoms with Gasteiger partial charge < -0.3 is 0 Å². The van der Waals surface area contributed by atoms with Crippen LogP contribution in [-0.4, -0.2) is 25.8 Å². The number of rotatable bonds is 4. The maximum atomic E-state index is 6.14. The van der Waals surface area contributed by atoms with Gasteiger partial charge in [-0.25, -0.2) is 0 Å². The summed E-state index contributed by atoms with van der Waals surface area (Å²) < 4.78 is 2.06. The van der Waals surface area contributed by atoms with E-state index < -0.39 is 0 Å². The Morgan fingerprint density at radius 1 is 1.22 bits per heavy atom. The first-order valence-corrected chi connectivity index (χ1v) is 7.33. The van der Waals surface area contributed by atoms with Crippen molar-refractivity contribution in [2.24, 2.45) is 0 Å². The maximum absolute atomic E-state index is 6.14. The highest BCUT2D eigenvalue weighted by atomic mass is 35.5. The Morgan fingerprint density at radius 3 is 2.50 bits per heavy atom. The summed E-state index contributed by atoms with van der Waals surface area (Å²) in [4.78, 5) is 0. The molecular formula is C13H16ClN3S. The van der Waals surface area contributed by atoms with Crippen molar-refractivity contribution < 1.29 is 0 Å². The molecule has 0 aliphatic carbocycles. The topological polar surface area (TPSA) is 30.7 Å². The van der Waals surface area contributed by atoms with Crippen LogP contribution in [0, 0.1) is 0 Å². The van der Waals surface area contributed by atoms with Gasteiger partial charge in [-0.1, -0.05) is 30.3 Å². The smallest absolute Gasteiger partial charge is 0.225 e. The van der Waals surface area contributed by atoms with E-state index in [4.69, 9.17) is 11.6 Å². The molecule has 96 valence electrons. The van der Waals surface area contributed by atoms with E-state index in [1.807, 2.05) is 34.9 Å². The zero-order chi connectivity index (χ0) is 13.2. The maximum Gasteiger partial charge on any atom is 0.225 e. The van der Waals surface area contributed by atoms with E-state index in [2.05, 4.69) is 30.3 Å². The number of benzene rings is 1. The molecule has 0 unspecified atom stereocenters. The highest BCUT2D eigenvalue weighted by Gasteiger charge is 2.21. The molecule has 0 spiro atoms. The fourth-order valence-corrected chi connectivity index (χ4v) is 2.11. The molecule has 0 atom stereocenters. The average molecular weight is 282 g/mol. The minimum atomic E-state index is 0.0928. The zero-order valence-corrected chi connectivity index (χ0v) is 12.3. The highest BCUT2D eigenvalue weighted by molar-refractivity contribution is 7.99. The van der Waals surface area contributed by atoms with Crippen molar-refractivity contribution in [3.63, 3.8) is 0 Å². The Hall–Kier alpha value is -1.00. The standard InChI is InChI=1S/C13H16ClN3S/c1-13(2,18-3)9-17-11(15-16-12(17)14)10-7-5-4-6-8-10/h4-8H,9H2,1-3H3. The van der Waals surface area contributed by atoms with E-state index in [1.165, 1.54) is 0 Å². The van der Waals surface area contributed by atoms with Crippen LogP contribution in [0.5, 0.6) is 0 Å². The van der Waals surface area contributed by atoms with Gasteiger partial charge in [0.15, 0.2) is 5.82 Å². The van der Waals surface area contributed by atoms with Crippen molar-refractivity contribution in [2.45, 2.75) is 25.1 Å². The number of hydrogen-bond acceptors (Lipinski definition) is 3. The monoisotopic (exact) mass is 281 g/mol. The van der Waals surface area contributed by atoms with Crippen LogP contribution in [0.3, 0.4) is 0 Å². The van der Waals surface area contributed by atoms with Gasteiger partial charge >= 0.3 is 0 Å². The molecule has 0 aliphatic heterocycles. The molecule has 18 heavy (non-hydrogen) atoms. The van der Waals surface area contributed by atoms with E-state index in [-0.39, 0.29) is 4.75 Å². The minimum absolute atomic E-state index is 0.0928. The first kappa shape index (κ1) is 13.4. The summed E-state index contributed by atoms with van der Waals surface area (Å²) in [6.45, 7) is 5.15. The van der Waals surface area contributed by atoms with Gasteiger partial charge in [0.2, 0.25) is 5.28 Å². The molecule has 1 heterocycles. The van der Waals surface area contributed by atoms with Crippen LogP contribution < -0.4 is 0 Å². The fraction of sp³-hybridized carbons (Fsp3) is 0.385. The summed E-state index contributed by atoms with van der Waals surface area (Å²) >= 11 is 7.94. The molecule has 1 aromatic carbocycles. The van der Waals surface area contributed by atoms with Gasteiger partial charge in [0.05, 0.1) is 0 Å². The Bertz CT molecular complexity index is 522. The Kier molecular flexibility index (Phi) is 3.97. The van der Waals surface area contributed by atoms with Gasteiger partial charge in [-0.15, -0.1) is 10.2 Å². The van der Waals surface area contributed by atoms with Crippen molar-refractivity contribution in [1.82, 2.24) is 14.8 Å². The SMILES string of the molecule is CSC(C)(C)Cn1c(Cl)nnc1-c1ccccc1. The summed E-state index contributed by atoms with van der Waals surface area (Å²) in [6.07, 6.45) is 2.10. The zero-order valence-electron chi connectivity index (χ0n) is 10.7. The third kappa shape index (κ3) is 2.87. The summed E-state index contributed by atoms with van der Waals surface area (Å²) in [5, 5.41) is 8.60. The molecule has 0 bridgehead atoms. The molecule has 0 saturated heterocycles. The van der Waals surface area contributed by atoms with Crippen LogP contribution in [0.1, 0.15) is 13.8 Å². The molecule has 0 amide bonds. The number of aromatic nitrogens is 3. The van der Waals surface area contributed by atoms with Crippen LogP contribution >= 0.6 is 23.4 Å². The Balaban J connectivity index is 2.40. The van der Waals surface area contributed by atoms with Crippen LogP contribution in [0.25, 0.3) is 11.4 Å². The van der Waals surface area contributed by atoms with E-state index in [0.29, 0.717) is 5.28 Å². The van der Waals surface area contributed by atoms with Gasteiger partial charge in [0, 0.05) is 16.9 Å². The molecule has 2 aromatic rings. The number of thioether (sulfide) groups is 1. The predicted octanol–water partition coefficient (Wildman–Crippen LogP) is 3.74. The lowest BCUT2D eigenvalue weighted by Gasteiger charge is -2.23. The molecule has 0 N–H and O–H groups in total. The molecular weight excluding hydrogens is 266 g/mol. The number of halogens is 1. The quantitative estimate of drug-likeness (QED) is 0.855. The highest BCUT2D eigenvalue weighted by Crippen LogP contribution is 2.28. The largest absolute Gasteiger partial charge is 0.296 e. The average Bonchev–Trinajstić information content (AvgIpc) is 2.72. The van der Waals surface area contributed by atoms with Gasteiger partial charge in [-0.2, -0.15) is 11.8 Å². The summed E-state index contributed by atoms with van der Waals surface area (Å²) in [6, 6.07) is 9.99. The lowest BCUT2D eigenvalue weighted by atomic mass is 10.2. The van der Waals surface area contributed by atoms with Crippen LogP contribution in [-0.2, 0) is 6.54 Å². The third-order valence-electron chi connectivity index (χ3n) is 2.83. The van der Waals surface area contributed by atoms with Crippen molar-refractivity contribution in [3.05, 3.63) is 35.6 Å². The van der Waals surface area contributed by atoms with Crippen LogP contribution in [0.4, 0.5) is 0 Å². The first-order chi connectivity index (χ1) is 8.53. The third-order valence-corrected chi connectivity index (χ3v) is 4.34. The molecule has 3 nitrogen and oxygen atoms in total. The van der Waals surface area contributed by atoms with E-state index in [9.17, 15) is 0 Å². The second-order valence-corrected chi connectivity index (χ2v) is 6.56. The van der Waals surface area contributed by atoms with Crippen molar-refractivity contribution in [1.29, 1.82) is 0 Å². The van der Waals surface area contributed by atoms with Crippen molar-refractivity contribution >= 4 is 23.4 Å². The van der Waals surface area contributed by atoms with E-state index in [0.717, 1.165) is 17.9 Å². The van der Waals surface area contributed by atoms with Gasteiger partial charge in [0.1, 0.15) is 0 Å². The minimum Gasteiger partial charge on any atom is -0.296 e. The normalized spacial score (nSPS) is 11.8. The molecule has 0 aliphatic rings. The molecule has 2 rings (SSSR count). The van der Waals surface area contributed by atoms with E-state index >= 15 is 0 Å². The summed E-state index contributed by atoms with van der Waals surface area (Å²) in [5.74, 6) is 0.822. The Labute approximate surface area is 117 Å². The van der Waals surface area contributed by atoms with Gasteiger partial charge in [-0.05, 0) is 31.7 Å².